The predicted octanol–water partition coefficient (Wildman–Crippen LogP) is 18.0. The second-order valence-corrected chi connectivity index (χ2v) is 32.9. The van der Waals surface area contributed by atoms with E-state index in [1.165, 1.54) is 40.4 Å². The molecule has 13 aromatic rings. The third kappa shape index (κ3) is 24.0. The normalized spacial score (nSPS) is 14.6. The second kappa shape index (κ2) is 46.3. The first-order valence-corrected chi connectivity index (χ1v) is 44.8. The zero-order valence-electron chi connectivity index (χ0n) is 74.5. The van der Waals surface area contributed by atoms with Gasteiger partial charge in [0.2, 0.25) is 0 Å². The molecule has 0 radical (unpaired) electrons. The Morgan fingerprint density at radius 3 is 1.25 bits per heavy atom. The average molecular weight is 1760 g/mol. The summed E-state index contributed by atoms with van der Waals surface area (Å²) >= 11 is 5.94. The van der Waals surface area contributed by atoms with Crippen molar-refractivity contribution in [1.29, 1.82) is 0 Å². The number of carbonyl (C=O) groups is 4. The SMILES string of the molecule is CC[C@H](N)c1nc2cccc(CCCCCC(=O)OC)c2c(=O)n1-c1ccccc1.CC[C@H](NC(=O)OC(C)(C)C)c1nc2cccc(CCCCCC(=O)OC)c2c(=O)n1-c1ccccc1.CC[C@H](Nc1ncnc2c1ncn2C1CCCCO1)c1nc2cccc(CCCCCC(=O)OC)c2c(=O)n1-c1ccccc1.Clc1ncnc2c1ncn2C1CCCCO1. The van der Waals surface area contributed by atoms with Crippen LogP contribution in [-0.4, -0.2) is 132 Å². The maximum atomic E-state index is 14.4. The predicted molar refractivity (Wildman–Crippen MR) is 494 cm³/mol. The zero-order valence-corrected chi connectivity index (χ0v) is 75.2. The number of halogens is 1. The van der Waals surface area contributed by atoms with Gasteiger partial charge in [-0.25, -0.2) is 49.7 Å². The molecule has 7 aromatic heterocycles. The number of para-hydroxylation sites is 3. The molecule has 15 rings (SSSR count). The Hall–Kier alpha value is -12.5. The number of nitrogens with one attached hydrogen (secondary N) is 2. The first-order chi connectivity index (χ1) is 62.1. The van der Waals surface area contributed by atoms with Crippen molar-refractivity contribution in [3.8, 4) is 17.1 Å². The van der Waals surface area contributed by atoms with Gasteiger partial charge in [0.05, 0.1) is 102 Å². The van der Waals surface area contributed by atoms with Gasteiger partial charge in [-0.15, -0.1) is 0 Å². The van der Waals surface area contributed by atoms with Gasteiger partial charge in [0.25, 0.3) is 16.7 Å². The summed E-state index contributed by atoms with van der Waals surface area (Å²) in [6.45, 7) is 12.9. The number of imidazole rings is 2. The summed E-state index contributed by atoms with van der Waals surface area (Å²) in [5.74, 6) is 1.61. The average Bonchev–Trinajstić information content (AvgIpc) is 1.02. The molecule has 1 amide bonds. The number of nitrogens with zero attached hydrogens (tertiary/aromatic N) is 14. The van der Waals surface area contributed by atoms with Crippen LogP contribution in [0.3, 0.4) is 0 Å². The Bertz CT molecular complexity index is 6090. The molecule has 6 aromatic carbocycles. The summed E-state index contributed by atoms with van der Waals surface area (Å²) in [6, 6.07) is 44.6. The highest BCUT2D eigenvalue weighted by molar-refractivity contribution is 6.33. The van der Waals surface area contributed by atoms with Crippen LogP contribution < -0.4 is 33.0 Å². The number of amides is 1. The number of alkyl carbamates (subject to hydrolysis) is 1. The largest absolute Gasteiger partial charge is 0.469 e. The van der Waals surface area contributed by atoms with Crippen molar-refractivity contribution >= 4 is 96.5 Å². The van der Waals surface area contributed by atoms with Crippen LogP contribution in [0.1, 0.15) is 241 Å². The van der Waals surface area contributed by atoms with Crippen molar-refractivity contribution in [3.05, 3.63) is 241 Å². The maximum Gasteiger partial charge on any atom is 0.408 e. The minimum Gasteiger partial charge on any atom is -0.469 e. The van der Waals surface area contributed by atoms with Gasteiger partial charge in [0.1, 0.15) is 53.7 Å². The van der Waals surface area contributed by atoms with Gasteiger partial charge in [-0.3, -0.25) is 51.6 Å². The van der Waals surface area contributed by atoms with Crippen LogP contribution in [0.2, 0.25) is 5.15 Å². The van der Waals surface area contributed by atoms with Crippen LogP contribution in [0, 0.1) is 0 Å². The Kier molecular flexibility index (Phi) is 34.2. The number of carbonyl (C=O) groups excluding carboxylic acids is 4. The lowest BCUT2D eigenvalue weighted by Gasteiger charge is -2.25. The summed E-state index contributed by atoms with van der Waals surface area (Å²) in [5, 5.41) is 8.66. The lowest BCUT2D eigenvalue weighted by Crippen LogP contribution is -2.37. The van der Waals surface area contributed by atoms with Gasteiger partial charge in [0, 0.05) is 32.5 Å². The molecular weight excluding hydrogens is 1650 g/mol. The molecule has 31 heteroatoms. The highest BCUT2D eigenvalue weighted by Gasteiger charge is 2.30. The third-order valence-corrected chi connectivity index (χ3v) is 22.8. The molecule has 2 fully saturated rings. The number of aromatic nitrogens is 14. The molecule has 2 unspecified atom stereocenters. The number of unbranched alkanes of at least 4 members (excludes halogenated alkanes) is 6. The Morgan fingerprint density at radius 1 is 0.469 bits per heavy atom. The molecule has 0 saturated carbocycles. The van der Waals surface area contributed by atoms with Crippen molar-refractivity contribution in [1.82, 2.24) is 73.0 Å². The highest BCUT2D eigenvalue weighted by atomic mass is 35.5. The van der Waals surface area contributed by atoms with E-state index in [1.807, 2.05) is 169 Å². The van der Waals surface area contributed by atoms with Gasteiger partial charge in [0.15, 0.2) is 27.8 Å². The molecule has 9 heterocycles. The Labute approximate surface area is 748 Å². The Morgan fingerprint density at radius 2 is 0.859 bits per heavy atom. The van der Waals surface area contributed by atoms with Gasteiger partial charge < -0.3 is 44.8 Å². The van der Waals surface area contributed by atoms with E-state index < -0.39 is 17.7 Å². The first kappa shape index (κ1) is 94.6. The van der Waals surface area contributed by atoms with Crippen LogP contribution in [0.25, 0.3) is 72.1 Å². The number of esters is 3. The van der Waals surface area contributed by atoms with E-state index in [9.17, 15) is 33.6 Å². The van der Waals surface area contributed by atoms with Gasteiger partial charge in [-0.1, -0.05) is 143 Å². The van der Waals surface area contributed by atoms with E-state index in [-0.39, 0.29) is 59.1 Å². The smallest absolute Gasteiger partial charge is 0.408 e. The van der Waals surface area contributed by atoms with Crippen LogP contribution in [-0.2, 0) is 62.1 Å². The molecule has 2 aliphatic rings. The number of hydrogen-bond acceptors (Lipinski definition) is 24. The van der Waals surface area contributed by atoms with Crippen molar-refractivity contribution < 1.29 is 47.6 Å². The fraction of sp³-hybridized carbons (Fsp3) is 0.423. The fourth-order valence-electron chi connectivity index (χ4n) is 15.9. The summed E-state index contributed by atoms with van der Waals surface area (Å²) in [5.41, 5.74) is 15.0. The topological polar surface area (TPSA) is 366 Å². The molecule has 0 aliphatic carbocycles. The molecule has 30 nitrogen and oxygen atoms in total. The standard InChI is InChI=1S/C34H39N7O4.C29H37N3O5.C24H29N3O3.C10H11ClN4O/c1-3-25(38-31-30-33(36-21-35-31)40(22-37-30)27-18-10-11-20-45-27)32-39-26-17-12-14-23(13-6-4-9-19-28(42)44-2)29(26)34(43)41(32)24-15-7-5-8-16-24;1-6-22(31-28(35)37-29(2,3)4)26-30-23-18-13-15-20(14-9-7-12-19-24(33)36-5)25(23)27(34)32(26)21-16-10-8-11-17-21;1-3-19(25)23-26-20-15-10-12-17(11-6-4-9-16-21(28)30-2)22(20)24(29)27(23)18-13-7-5-8-14-18;11-9-8-10(13-5-12-9)15(6-14-8)7-3-1-2-4-16-7/h5,7-8,12,14-17,21-22,25,27H,3-4,6,9-11,13,18-20H2,1-2H3,(H,35,36,38);8,10-11,13,15-18,22H,6-7,9,12,14,19H2,1-5H3,(H,31,35);5,7-8,10,12-15,19H,3-4,6,9,11,16,25H2,1-2H3;5-7H,1-4H2/t25-,27?;22-;19-;/m000./s1. The number of ether oxygens (including phenoxy) is 6. The molecule has 0 bridgehead atoms. The number of rotatable bonds is 32. The van der Waals surface area contributed by atoms with E-state index in [0.717, 1.165) is 143 Å². The van der Waals surface area contributed by atoms with Crippen molar-refractivity contribution in [3.63, 3.8) is 0 Å². The Balaban J connectivity index is 0.000000162. The van der Waals surface area contributed by atoms with Crippen molar-refractivity contribution in [2.75, 3.05) is 39.9 Å². The van der Waals surface area contributed by atoms with Crippen molar-refractivity contribution in [2.24, 2.45) is 5.73 Å². The molecule has 0 spiro atoms. The summed E-state index contributed by atoms with van der Waals surface area (Å²) in [4.78, 5) is 130. The number of benzene rings is 6. The number of anilines is 1. The van der Waals surface area contributed by atoms with Crippen LogP contribution in [0.5, 0.6) is 0 Å². The highest BCUT2D eigenvalue weighted by Crippen LogP contribution is 2.34. The summed E-state index contributed by atoms with van der Waals surface area (Å²) in [6.07, 6.45) is 24.9. The quantitative estimate of drug-likeness (QED) is 0.0153. The van der Waals surface area contributed by atoms with Gasteiger partial charge in [-0.2, -0.15) is 0 Å². The van der Waals surface area contributed by atoms with Crippen LogP contribution in [0.4, 0.5) is 10.6 Å². The van der Waals surface area contributed by atoms with E-state index in [0.29, 0.717) is 135 Å². The molecule has 2 saturated heterocycles. The molecule has 5 atom stereocenters. The molecule has 4 N–H and O–H groups in total. The number of fused-ring (bicyclic) bond motifs is 5. The molecular formula is C97H116ClN17O13. The van der Waals surface area contributed by atoms with Gasteiger partial charge in [-0.05, 0) is 208 Å². The molecule has 674 valence electrons. The van der Waals surface area contributed by atoms with E-state index in [2.05, 4.69) is 52.2 Å². The number of nitrogens with two attached hydrogens (primary N) is 1. The van der Waals surface area contributed by atoms with Gasteiger partial charge >= 0.3 is 24.0 Å². The lowest BCUT2D eigenvalue weighted by atomic mass is 10.0. The van der Waals surface area contributed by atoms with E-state index >= 15 is 0 Å². The maximum absolute atomic E-state index is 14.4. The second-order valence-electron chi connectivity index (χ2n) is 32.6. The van der Waals surface area contributed by atoms with Crippen molar-refractivity contribution in [2.45, 2.75) is 232 Å². The number of hydrogen-bond donors (Lipinski definition) is 3. The van der Waals surface area contributed by atoms with E-state index in [1.54, 1.807) is 47.1 Å². The molecule has 2 aliphatic heterocycles. The number of aryl methyl sites for hydroxylation is 3. The first-order valence-electron chi connectivity index (χ1n) is 44.4. The van der Waals surface area contributed by atoms with Crippen LogP contribution >= 0.6 is 11.6 Å². The minimum absolute atomic E-state index is 0.0321. The lowest BCUT2D eigenvalue weighted by molar-refractivity contribution is -0.141. The third-order valence-electron chi connectivity index (χ3n) is 22.6. The minimum atomic E-state index is -0.649. The monoisotopic (exact) mass is 1760 g/mol. The number of methoxy groups -OCH3 is 3. The van der Waals surface area contributed by atoms with Crippen LogP contribution in [0.15, 0.2) is 185 Å². The van der Waals surface area contributed by atoms with E-state index in [4.69, 9.17) is 56.0 Å². The summed E-state index contributed by atoms with van der Waals surface area (Å²) in [7, 11) is 4.21. The zero-order chi connectivity index (χ0) is 90.6. The fourth-order valence-corrected chi connectivity index (χ4v) is 16.1. The molecule has 128 heavy (non-hydrogen) atoms. The summed E-state index contributed by atoms with van der Waals surface area (Å²) < 4.78 is 40.2.